The van der Waals surface area contributed by atoms with Gasteiger partial charge in [-0.05, 0) is 49.7 Å². The van der Waals surface area contributed by atoms with E-state index < -0.39 is 10.0 Å². The van der Waals surface area contributed by atoms with Crippen LogP contribution >= 0.6 is 15.9 Å². The Labute approximate surface area is 186 Å². The topological polar surface area (TPSA) is 93.7 Å². The Kier molecular flexibility index (Phi) is 9.13. The number of amides is 1. The number of halogens is 1. The molecule has 2 aromatic rings. The summed E-state index contributed by atoms with van der Waals surface area (Å²) in [5.41, 5.74) is 2.17. The van der Waals surface area contributed by atoms with Crippen LogP contribution in [-0.2, 0) is 33.5 Å². The summed E-state index contributed by atoms with van der Waals surface area (Å²) in [6.45, 7) is 5.01. The molecule has 0 saturated heterocycles. The van der Waals surface area contributed by atoms with Crippen LogP contribution in [0.2, 0.25) is 0 Å². The summed E-state index contributed by atoms with van der Waals surface area (Å²) in [6, 6.07) is 10.7. The Hall–Kier alpha value is -2.10. The monoisotopic (exact) mass is 498 g/mol. The van der Waals surface area contributed by atoms with Crippen molar-refractivity contribution in [2.75, 3.05) is 20.3 Å². The minimum absolute atomic E-state index is 0.141. The molecule has 30 heavy (non-hydrogen) atoms. The lowest BCUT2D eigenvalue weighted by molar-refractivity contribution is -0.120. The highest BCUT2D eigenvalue weighted by Gasteiger charge is 2.15. The SMILES string of the molecule is CCOc1cc(Br)c(CC(=O)NCc2ccccc2CS(=O)(=O)NC)cc1OCC. The third-order valence-corrected chi connectivity index (χ3v) is 6.37. The third-order valence-electron chi connectivity index (χ3n) is 4.31. The zero-order valence-corrected chi connectivity index (χ0v) is 19.7. The van der Waals surface area contributed by atoms with Crippen molar-refractivity contribution in [1.82, 2.24) is 10.0 Å². The highest BCUT2D eigenvalue weighted by molar-refractivity contribution is 9.10. The second kappa shape index (κ2) is 11.3. The molecule has 0 radical (unpaired) electrons. The second-order valence-corrected chi connectivity index (χ2v) is 9.22. The molecule has 2 aromatic carbocycles. The fourth-order valence-electron chi connectivity index (χ4n) is 2.83. The van der Waals surface area contributed by atoms with Gasteiger partial charge in [0.2, 0.25) is 15.9 Å². The van der Waals surface area contributed by atoms with Gasteiger partial charge >= 0.3 is 0 Å². The predicted molar refractivity (Wildman–Crippen MR) is 120 cm³/mol. The summed E-state index contributed by atoms with van der Waals surface area (Å²) < 4.78 is 38.0. The first kappa shape index (κ1) is 24.2. The molecule has 9 heteroatoms. The van der Waals surface area contributed by atoms with Gasteiger partial charge in [-0.15, -0.1) is 0 Å². The second-order valence-electron chi connectivity index (χ2n) is 6.44. The maximum Gasteiger partial charge on any atom is 0.224 e. The minimum atomic E-state index is -3.40. The van der Waals surface area contributed by atoms with E-state index in [0.717, 1.165) is 15.6 Å². The van der Waals surface area contributed by atoms with Gasteiger partial charge in [-0.2, -0.15) is 0 Å². The minimum Gasteiger partial charge on any atom is -0.490 e. The molecule has 0 aliphatic rings. The summed E-state index contributed by atoms with van der Waals surface area (Å²) in [5, 5.41) is 2.86. The number of carbonyl (C=O) groups excluding carboxylic acids is 1. The third kappa shape index (κ3) is 7.00. The normalized spacial score (nSPS) is 11.2. The molecule has 0 aliphatic carbocycles. The van der Waals surface area contributed by atoms with Crippen LogP contribution in [0.1, 0.15) is 30.5 Å². The van der Waals surface area contributed by atoms with Crippen LogP contribution in [0.15, 0.2) is 40.9 Å². The van der Waals surface area contributed by atoms with Gasteiger partial charge in [0.1, 0.15) is 0 Å². The maximum atomic E-state index is 12.5. The molecule has 0 bridgehead atoms. The smallest absolute Gasteiger partial charge is 0.224 e. The molecule has 2 N–H and O–H groups in total. The molecule has 2 rings (SSSR count). The molecule has 1 amide bonds. The fraction of sp³-hybridized carbons (Fsp3) is 0.381. The van der Waals surface area contributed by atoms with Crippen molar-refractivity contribution in [3.63, 3.8) is 0 Å². The Morgan fingerprint density at radius 1 is 1.00 bits per heavy atom. The number of ether oxygens (including phenoxy) is 2. The van der Waals surface area contributed by atoms with Crippen LogP contribution in [0.25, 0.3) is 0 Å². The van der Waals surface area contributed by atoms with Crippen molar-refractivity contribution in [2.24, 2.45) is 0 Å². The highest BCUT2D eigenvalue weighted by Crippen LogP contribution is 2.34. The first-order chi connectivity index (χ1) is 14.3. The van der Waals surface area contributed by atoms with Gasteiger partial charge in [0.05, 0.1) is 25.4 Å². The predicted octanol–water partition coefficient (Wildman–Crippen LogP) is 3.15. The zero-order chi connectivity index (χ0) is 22.1. The van der Waals surface area contributed by atoms with Gasteiger partial charge in [0, 0.05) is 11.0 Å². The van der Waals surface area contributed by atoms with Gasteiger partial charge in [0.15, 0.2) is 11.5 Å². The van der Waals surface area contributed by atoms with Crippen molar-refractivity contribution in [3.8, 4) is 11.5 Å². The van der Waals surface area contributed by atoms with E-state index in [9.17, 15) is 13.2 Å². The molecular formula is C21H27BrN2O5S. The van der Waals surface area contributed by atoms with Crippen molar-refractivity contribution < 1.29 is 22.7 Å². The highest BCUT2D eigenvalue weighted by atomic mass is 79.9. The molecule has 0 saturated carbocycles. The molecular weight excluding hydrogens is 472 g/mol. The van der Waals surface area contributed by atoms with Crippen molar-refractivity contribution >= 4 is 31.9 Å². The van der Waals surface area contributed by atoms with E-state index in [4.69, 9.17) is 9.47 Å². The molecule has 164 valence electrons. The zero-order valence-electron chi connectivity index (χ0n) is 17.3. The number of nitrogens with one attached hydrogen (secondary N) is 2. The molecule has 0 atom stereocenters. The standard InChI is InChI=1S/C21H27BrN2O5S/c1-4-28-19-10-17(18(22)12-20(19)29-5-2)11-21(25)24-13-15-8-6-7-9-16(15)14-30(26,27)23-3/h6-10,12,23H,4-5,11,13-14H2,1-3H3,(H,24,25). The van der Waals surface area contributed by atoms with Crippen LogP contribution in [0.4, 0.5) is 0 Å². The van der Waals surface area contributed by atoms with Gasteiger partial charge < -0.3 is 14.8 Å². The van der Waals surface area contributed by atoms with Crippen molar-refractivity contribution in [1.29, 1.82) is 0 Å². The summed E-state index contributed by atoms with van der Waals surface area (Å²) in [7, 11) is -2.02. The van der Waals surface area contributed by atoms with E-state index in [0.29, 0.717) is 30.3 Å². The molecule has 0 fully saturated rings. The average Bonchev–Trinajstić information content (AvgIpc) is 2.71. The van der Waals surface area contributed by atoms with Gasteiger partial charge in [-0.3, -0.25) is 4.79 Å². The number of rotatable bonds is 11. The van der Waals surface area contributed by atoms with E-state index in [-0.39, 0.29) is 24.6 Å². The Morgan fingerprint density at radius 2 is 1.60 bits per heavy atom. The largest absolute Gasteiger partial charge is 0.490 e. The molecule has 0 unspecified atom stereocenters. The lowest BCUT2D eigenvalue weighted by Crippen LogP contribution is -2.26. The summed E-state index contributed by atoms with van der Waals surface area (Å²) in [4.78, 5) is 12.5. The molecule has 0 spiro atoms. The van der Waals surface area contributed by atoms with Gasteiger partial charge in [-0.1, -0.05) is 40.2 Å². The average molecular weight is 499 g/mol. The van der Waals surface area contributed by atoms with E-state index in [1.807, 2.05) is 19.9 Å². The lowest BCUT2D eigenvalue weighted by atomic mass is 10.1. The van der Waals surface area contributed by atoms with Crippen LogP contribution in [0.5, 0.6) is 11.5 Å². The molecule has 0 aromatic heterocycles. The van der Waals surface area contributed by atoms with Crippen LogP contribution in [-0.4, -0.2) is 34.6 Å². The van der Waals surface area contributed by atoms with Crippen LogP contribution < -0.4 is 19.5 Å². The molecule has 0 aliphatic heterocycles. The van der Waals surface area contributed by atoms with E-state index in [2.05, 4.69) is 26.0 Å². The maximum absolute atomic E-state index is 12.5. The Bertz CT molecular complexity index is 979. The van der Waals surface area contributed by atoms with Crippen molar-refractivity contribution in [3.05, 3.63) is 57.6 Å². The van der Waals surface area contributed by atoms with Gasteiger partial charge in [-0.25, -0.2) is 13.1 Å². The van der Waals surface area contributed by atoms with E-state index >= 15 is 0 Å². The van der Waals surface area contributed by atoms with Crippen molar-refractivity contribution in [2.45, 2.75) is 32.6 Å². The Morgan fingerprint density at radius 3 is 2.20 bits per heavy atom. The number of sulfonamides is 1. The Balaban J connectivity index is 2.09. The van der Waals surface area contributed by atoms with E-state index in [1.165, 1.54) is 7.05 Å². The fourth-order valence-corrected chi connectivity index (χ4v) is 4.12. The van der Waals surface area contributed by atoms with Gasteiger partial charge in [0.25, 0.3) is 0 Å². The number of carbonyl (C=O) groups is 1. The summed E-state index contributed by atoms with van der Waals surface area (Å²) in [6.07, 6.45) is 0.143. The van der Waals surface area contributed by atoms with Crippen LogP contribution in [0, 0.1) is 0 Å². The summed E-state index contributed by atoms with van der Waals surface area (Å²) in [5.74, 6) is 0.883. The molecule has 7 nitrogen and oxygen atoms in total. The first-order valence-corrected chi connectivity index (χ1v) is 12.1. The lowest BCUT2D eigenvalue weighted by Gasteiger charge is -2.15. The number of hydrogen-bond donors (Lipinski definition) is 2. The number of benzene rings is 2. The summed E-state index contributed by atoms with van der Waals surface area (Å²) >= 11 is 3.49. The van der Waals surface area contributed by atoms with E-state index in [1.54, 1.807) is 30.3 Å². The quantitative estimate of drug-likeness (QED) is 0.496. The first-order valence-electron chi connectivity index (χ1n) is 9.62. The molecule has 0 heterocycles. The van der Waals surface area contributed by atoms with Crippen LogP contribution in [0.3, 0.4) is 0 Å². The number of hydrogen-bond acceptors (Lipinski definition) is 5.